The van der Waals surface area contributed by atoms with Gasteiger partial charge in [0.25, 0.3) is 0 Å². The molecule has 2 unspecified atom stereocenters. The number of nitrogens with zero attached hydrogens (tertiary/aromatic N) is 3. The van der Waals surface area contributed by atoms with Gasteiger partial charge in [-0.2, -0.15) is 0 Å². The van der Waals surface area contributed by atoms with Gasteiger partial charge in [-0.3, -0.25) is 0 Å². The molecule has 2 heterocycles. The number of carbonyl (C=O) groups excluding carboxylic acids is 1. The molecule has 0 spiro atoms. The lowest BCUT2D eigenvalue weighted by atomic mass is 9.91. The number of likely N-dealkylation sites (tertiary alicyclic amines) is 1. The Morgan fingerprint density at radius 2 is 1.79 bits per heavy atom. The summed E-state index contributed by atoms with van der Waals surface area (Å²) in [5.41, 5.74) is 1.81. The first-order valence-electron chi connectivity index (χ1n) is 10.1. The van der Waals surface area contributed by atoms with Crippen LogP contribution in [0.3, 0.4) is 0 Å². The van der Waals surface area contributed by atoms with Crippen molar-refractivity contribution in [3.05, 3.63) is 41.7 Å². The normalized spacial score (nSPS) is 22.1. The highest BCUT2D eigenvalue weighted by molar-refractivity contribution is 6.28. The van der Waals surface area contributed by atoms with Gasteiger partial charge in [0, 0.05) is 36.8 Å². The minimum atomic E-state index is 0.0830. The lowest BCUT2D eigenvalue weighted by Gasteiger charge is -2.32. The molecule has 1 aromatic carbocycles. The SMILES string of the molecule is O=C(NC1CCCC(Nc2cc(-c3ccccc3)nc(Cl)n2)C1)N1CCCC1. The number of amides is 2. The smallest absolute Gasteiger partial charge is 0.317 e. The fourth-order valence-corrected chi connectivity index (χ4v) is 4.28. The maximum atomic E-state index is 12.4. The predicted molar refractivity (Wildman–Crippen MR) is 111 cm³/mol. The van der Waals surface area contributed by atoms with Gasteiger partial charge in [-0.1, -0.05) is 30.3 Å². The summed E-state index contributed by atoms with van der Waals surface area (Å²) >= 11 is 6.16. The maximum Gasteiger partial charge on any atom is 0.317 e. The Morgan fingerprint density at radius 1 is 1.04 bits per heavy atom. The maximum absolute atomic E-state index is 12.4. The molecule has 1 saturated heterocycles. The van der Waals surface area contributed by atoms with Crippen LogP contribution in [0.1, 0.15) is 38.5 Å². The van der Waals surface area contributed by atoms with E-state index >= 15 is 0 Å². The fraction of sp³-hybridized carbons (Fsp3) is 0.476. The van der Waals surface area contributed by atoms with Gasteiger partial charge >= 0.3 is 6.03 Å². The van der Waals surface area contributed by atoms with Crippen LogP contribution in [0.4, 0.5) is 10.6 Å². The molecule has 2 aliphatic rings. The van der Waals surface area contributed by atoms with E-state index in [0.29, 0.717) is 0 Å². The number of carbonyl (C=O) groups is 1. The summed E-state index contributed by atoms with van der Waals surface area (Å²) in [5.74, 6) is 0.732. The summed E-state index contributed by atoms with van der Waals surface area (Å²) in [7, 11) is 0. The van der Waals surface area contributed by atoms with Crippen LogP contribution in [0.5, 0.6) is 0 Å². The number of benzene rings is 1. The number of rotatable bonds is 4. The van der Waals surface area contributed by atoms with Crippen molar-refractivity contribution in [3.8, 4) is 11.3 Å². The Labute approximate surface area is 170 Å². The van der Waals surface area contributed by atoms with Crippen LogP contribution >= 0.6 is 11.6 Å². The summed E-state index contributed by atoms with van der Waals surface area (Å²) in [5, 5.41) is 6.95. The molecule has 2 aromatic rings. The minimum Gasteiger partial charge on any atom is -0.367 e. The van der Waals surface area contributed by atoms with Gasteiger partial charge in [0.1, 0.15) is 5.82 Å². The number of halogens is 1. The van der Waals surface area contributed by atoms with Gasteiger partial charge < -0.3 is 15.5 Å². The van der Waals surface area contributed by atoms with Crippen molar-refractivity contribution in [3.63, 3.8) is 0 Å². The highest BCUT2D eigenvalue weighted by atomic mass is 35.5. The molecule has 148 valence electrons. The number of hydrogen-bond acceptors (Lipinski definition) is 4. The van der Waals surface area contributed by atoms with E-state index in [1.165, 1.54) is 0 Å². The number of nitrogens with one attached hydrogen (secondary N) is 2. The Kier molecular flexibility index (Phi) is 5.95. The molecule has 28 heavy (non-hydrogen) atoms. The molecule has 4 rings (SSSR count). The highest BCUT2D eigenvalue weighted by Crippen LogP contribution is 2.25. The molecule has 1 aliphatic carbocycles. The topological polar surface area (TPSA) is 70.1 Å². The molecular formula is C21H26ClN5O. The second kappa shape index (κ2) is 8.78. The minimum absolute atomic E-state index is 0.0830. The van der Waals surface area contributed by atoms with Crippen LogP contribution in [0.15, 0.2) is 36.4 Å². The first-order valence-corrected chi connectivity index (χ1v) is 10.5. The van der Waals surface area contributed by atoms with Crippen molar-refractivity contribution in [2.45, 2.75) is 50.6 Å². The first-order chi connectivity index (χ1) is 13.7. The van der Waals surface area contributed by atoms with E-state index in [9.17, 15) is 4.79 Å². The molecule has 2 amide bonds. The molecule has 2 atom stereocenters. The third-order valence-corrected chi connectivity index (χ3v) is 5.68. The Bertz CT molecular complexity index is 810. The van der Waals surface area contributed by atoms with E-state index in [1.54, 1.807) is 0 Å². The number of urea groups is 1. The Balaban J connectivity index is 1.39. The van der Waals surface area contributed by atoms with Crippen molar-refractivity contribution in [1.29, 1.82) is 0 Å². The van der Waals surface area contributed by atoms with E-state index < -0.39 is 0 Å². The second-order valence-corrected chi connectivity index (χ2v) is 7.96. The van der Waals surface area contributed by atoms with E-state index in [-0.39, 0.29) is 23.4 Å². The van der Waals surface area contributed by atoms with Crippen molar-refractivity contribution in [1.82, 2.24) is 20.2 Å². The van der Waals surface area contributed by atoms with E-state index in [2.05, 4.69) is 20.6 Å². The van der Waals surface area contributed by atoms with Gasteiger partial charge in [0.2, 0.25) is 5.28 Å². The monoisotopic (exact) mass is 399 g/mol. The zero-order valence-electron chi connectivity index (χ0n) is 15.9. The molecule has 7 heteroatoms. The molecular weight excluding hydrogens is 374 g/mol. The third-order valence-electron chi connectivity index (χ3n) is 5.52. The van der Waals surface area contributed by atoms with Gasteiger partial charge in [-0.15, -0.1) is 0 Å². The quantitative estimate of drug-likeness (QED) is 0.751. The summed E-state index contributed by atoms with van der Waals surface area (Å²) in [4.78, 5) is 23.0. The third kappa shape index (κ3) is 4.73. The molecule has 2 fully saturated rings. The van der Waals surface area contributed by atoms with Crippen molar-refractivity contribution >= 4 is 23.4 Å². The van der Waals surface area contributed by atoms with Crippen molar-refractivity contribution in [2.75, 3.05) is 18.4 Å². The zero-order chi connectivity index (χ0) is 19.3. The molecule has 0 bridgehead atoms. The van der Waals surface area contributed by atoms with E-state index in [0.717, 1.165) is 68.7 Å². The van der Waals surface area contributed by atoms with Gasteiger partial charge in [0.15, 0.2) is 0 Å². The van der Waals surface area contributed by atoms with Gasteiger partial charge in [-0.05, 0) is 50.1 Å². The average molecular weight is 400 g/mol. The summed E-state index contributed by atoms with van der Waals surface area (Å²) in [6.45, 7) is 1.75. The van der Waals surface area contributed by atoms with Crippen LogP contribution < -0.4 is 10.6 Å². The lowest BCUT2D eigenvalue weighted by molar-refractivity contribution is 0.200. The van der Waals surface area contributed by atoms with Crippen LogP contribution in [0, 0.1) is 0 Å². The molecule has 1 aromatic heterocycles. The number of aromatic nitrogens is 2. The summed E-state index contributed by atoms with van der Waals surface area (Å²) in [6, 6.07) is 12.4. The highest BCUT2D eigenvalue weighted by Gasteiger charge is 2.26. The Morgan fingerprint density at radius 3 is 2.57 bits per heavy atom. The van der Waals surface area contributed by atoms with Crippen LogP contribution in [0.25, 0.3) is 11.3 Å². The number of hydrogen-bond donors (Lipinski definition) is 2. The van der Waals surface area contributed by atoms with Crippen molar-refractivity contribution < 1.29 is 4.79 Å². The zero-order valence-corrected chi connectivity index (χ0v) is 16.7. The first kappa shape index (κ1) is 19.0. The largest absolute Gasteiger partial charge is 0.367 e. The average Bonchev–Trinajstić information content (AvgIpc) is 3.23. The van der Waals surface area contributed by atoms with Crippen LogP contribution in [0.2, 0.25) is 5.28 Å². The van der Waals surface area contributed by atoms with Crippen LogP contribution in [-0.4, -0.2) is 46.1 Å². The fourth-order valence-electron chi connectivity index (χ4n) is 4.10. The molecule has 1 aliphatic heterocycles. The predicted octanol–water partition coefficient (Wildman–Crippen LogP) is 4.33. The lowest BCUT2D eigenvalue weighted by Crippen LogP contribution is -2.47. The molecule has 2 N–H and O–H groups in total. The van der Waals surface area contributed by atoms with E-state index in [1.807, 2.05) is 41.3 Å². The second-order valence-electron chi connectivity index (χ2n) is 7.62. The van der Waals surface area contributed by atoms with Crippen LogP contribution in [-0.2, 0) is 0 Å². The molecule has 0 radical (unpaired) electrons. The summed E-state index contributed by atoms with van der Waals surface area (Å²) < 4.78 is 0. The number of anilines is 1. The summed E-state index contributed by atoms with van der Waals surface area (Å²) in [6.07, 6.45) is 6.27. The molecule has 1 saturated carbocycles. The standard InChI is InChI=1S/C21H26ClN5O/c22-20-25-18(15-7-2-1-3-8-15)14-19(26-20)23-16-9-6-10-17(13-16)24-21(28)27-11-4-5-12-27/h1-3,7-8,14,16-17H,4-6,9-13H2,(H,24,28)(H,23,25,26). The van der Waals surface area contributed by atoms with Gasteiger partial charge in [0.05, 0.1) is 5.69 Å². The molecule has 6 nitrogen and oxygen atoms in total. The Hall–Kier alpha value is -2.34. The van der Waals surface area contributed by atoms with E-state index in [4.69, 9.17) is 11.6 Å². The van der Waals surface area contributed by atoms with Gasteiger partial charge in [-0.25, -0.2) is 14.8 Å². The van der Waals surface area contributed by atoms with Crippen molar-refractivity contribution in [2.24, 2.45) is 0 Å².